The Kier molecular flexibility index (Phi) is 2.63. The molecule has 0 saturated heterocycles. The molecule has 17 heavy (non-hydrogen) atoms. The first-order chi connectivity index (χ1) is 8.33. The molecule has 0 amide bonds. The number of anilines is 1. The van der Waals surface area contributed by atoms with Crippen molar-refractivity contribution < 1.29 is 0 Å². The zero-order chi connectivity index (χ0) is 11.7. The van der Waals surface area contributed by atoms with Crippen molar-refractivity contribution in [2.24, 2.45) is 0 Å². The zero-order valence-corrected chi connectivity index (χ0v) is 10.2. The number of nitrogens with one attached hydrogen (secondary N) is 2. The van der Waals surface area contributed by atoms with Gasteiger partial charge in [0, 0.05) is 5.88 Å². The Balaban J connectivity index is 1.96. The van der Waals surface area contributed by atoms with Crippen molar-refractivity contribution in [1.82, 2.24) is 19.9 Å². The Bertz CT molecular complexity index is 517. The minimum absolute atomic E-state index is 0.0199. The van der Waals surface area contributed by atoms with E-state index in [1.165, 1.54) is 19.2 Å². The van der Waals surface area contributed by atoms with E-state index in [1.54, 1.807) is 6.33 Å². The third-order valence-corrected chi connectivity index (χ3v) is 3.93. The third-order valence-electron chi connectivity index (χ3n) is 3.42. The molecule has 90 valence electrons. The van der Waals surface area contributed by atoms with Gasteiger partial charge >= 0.3 is 0 Å². The van der Waals surface area contributed by atoms with Gasteiger partial charge in [0.15, 0.2) is 11.5 Å². The van der Waals surface area contributed by atoms with Crippen LogP contribution in [0.5, 0.6) is 0 Å². The predicted octanol–water partition coefficient (Wildman–Crippen LogP) is 2.32. The summed E-state index contributed by atoms with van der Waals surface area (Å²) in [6, 6.07) is 0. The maximum Gasteiger partial charge on any atom is 0.182 e. The van der Waals surface area contributed by atoms with Gasteiger partial charge in [-0.1, -0.05) is 12.8 Å². The second-order valence-electron chi connectivity index (χ2n) is 4.57. The number of aromatic nitrogens is 4. The molecule has 1 aliphatic rings. The molecule has 0 aliphatic heterocycles. The summed E-state index contributed by atoms with van der Waals surface area (Å²) in [6.45, 7) is 0. The lowest BCUT2D eigenvalue weighted by molar-refractivity contribution is 0.538. The molecule has 6 heteroatoms. The summed E-state index contributed by atoms with van der Waals surface area (Å²) in [5.74, 6) is 1.40. The molecule has 0 unspecified atom stereocenters. The molecule has 0 radical (unpaired) electrons. The summed E-state index contributed by atoms with van der Waals surface area (Å²) in [5, 5.41) is 3.48. The second-order valence-corrected chi connectivity index (χ2v) is 4.84. The van der Waals surface area contributed by atoms with Crippen molar-refractivity contribution in [2.75, 3.05) is 11.2 Å². The SMILES string of the molecule is ClCC1(Nc2ncnc3nc[nH]c23)CCCC1. The van der Waals surface area contributed by atoms with Crippen molar-refractivity contribution in [3.63, 3.8) is 0 Å². The minimum atomic E-state index is -0.0199. The lowest BCUT2D eigenvalue weighted by atomic mass is 10.0. The topological polar surface area (TPSA) is 66.5 Å². The Labute approximate surface area is 104 Å². The summed E-state index contributed by atoms with van der Waals surface area (Å²) in [5.41, 5.74) is 1.52. The minimum Gasteiger partial charge on any atom is -0.362 e. The molecule has 2 heterocycles. The van der Waals surface area contributed by atoms with Crippen LogP contribution in [0.1, 0.15) is 25.7 Å². The van der Waals surface area contributed by atoms with Crippen molar-refractivity contribution in [1.29, 1.82) is 0 Å². The van der Waals surface area contributed by atoms with Gasteiger partial charge < -0.3 is 10.3 Å². The maximum atomic E-state index is 6.11. The molecule has 1 saturated carbocycles. The standard InChI is InChI=1S/C11H14ClN5/c12-5-11(3-1-2-4-11)17-10-8-9(14-6-13-8)15-7-16-10/h6-7H,1-5H2,(H2,13,14,15,16,17). The quantitative estimate of drug-likeness (QED) is 0.822. The molecule has 1 aliphatic carbocycles. The number of rotatable bonds is 3. The molecule has 0 bridgehead atoms. The second kappa shape index (κ2) is 4.14. The van der Waals surface area contributed by atoms with Crippen molar-refractivity contribution >= 4 is 28.6 Å². The summed E-state index contributed by atoms with van der Waals surface area (Å²) in [6.07, 6.45) is 7.79. The molecule has 2 N–H and O–H groups in total. The van der Waals surface area contributed by atoms with Crippen LogP contribution in [0.15, 0.2) is 12.7 Å². The van der Waals surface area contributed by atoms with Gasteiger partial charge in [-0.05, 0) is 12.8 Å². The zero-order valence-electron chi connectivity index (χ0n) is 9.41. The number of imidazole rings is 1. The van der Waals surface area contributed by atoms with Gasteiger partial charge in [-0.15, -0.1) is 11.6 Å². The molecule has 5 nitrogen and oxygen atoms in total. The number of halogens is 1. The van der Waals surface area contributed by atoms with E-state index in [2.05, 4.69) is 25.3 Å². The number of H-pyrrole nitrogens is 1. The van der Waals surface area contributed by atoms with E-state index in [0.29, 0.717) is 11.5 Å². The van der Waals surface area contributed by atoms with Crippen LogP contribution in [-0.4, -0.2) is 31.4 Å². The average molecular weight is 252 g/mol. The van der Waals surface area contributed by atoms with Crippen LogP contribution in [-0.2, 0) is 0 Å². The first-order valence-corrected chi connectivity index (χ1v) is 6.35. The lowest BCUT2D eigenvalue weighted by Crippen LogP contribution is -2.37. The number of hydrogen-bond acceptors (Lipinski definition) is 4. The van der Waals surface area contributed by atoms with E-state index in [0.717, 1.165) is 24.2 Å². The molecular formula is C11H14ClN5. The van der Waals surface area contributed by atoms with Crippen LogP contribution in [0.25, 0.3) is 11.2 Å². The van der Waals surface area contributed by atoms with Gasteiger partial charge in [-0.25, -0.2) is 15.0 Å². The highest BCUT2D eigenvalue weighted by atomic mass is 35.5. The molecule has 0 spiro atoms. The van der Waals surface area contributed by atoms with Crippen LogP contribution >= 0.6 is 11.6 Å². The van der Waals surface area contributed by atoms with Crippen molar-refractivity contribution in [3.8, 4) is 0 Å². The van der Waals surface area contributed by atoms with E-state index in [9.17, 15) is 0 Å². The normalized spacial score (nSPS) is 18.6. The number of fused-ring (bicyclic) bond motifs is 1. The number of aromatic amines is 1. The van der Waals surface area contributed by atoms with E-state index in [4.69, 9.17) is 11.6 Å². The van der Waals surface area contributed by atoms with Crippen molar-refractivity contribution in [3.05, 3.63) is 12.7 Å². The van der Waals surface area contributed by atoms with Crippen molar-refractivity contribution in [2.45, 2.75) is 31.2 Å². The fourth-order valence-electron chi connectivity index (χ4n) is 2.45. The van der Waals surface area contributed by atoms with E-state index in [-0.39, 0.29) is 5.54 Å². The van der Waals surface area contributed by atoms with Gasteiger partial charge in [-0.3, -0.25) is 0 Å². The Hall–Kier alpha value is -1.36. The average Bonchev–Trinajstić information content (AvgIpc) is 2.98. The third kappa shape index (κ3) is 1.84. The van der Waals surface area contributed by atoms with E-state index in [1.807, 2.05) is 0 Å². The van der Waals surface area contributed by atoms with Crippen LogP contribution < -0.4 is 5.32 Å². The molecule has 0 aromatic carbocycles. The molecule has 3 rings (SSSR count). The summed E-state index contributed by atoms with van der Waals surface area (Å²) in [4.78, 5) is 15.6. The Morgan fingerprint density at radius 3 is 2.88 bits per heavy atom. The molecule has 2 aromatic rings. The van der Waals surface area contributed by atoms with Crippen LogP contribution in [0.3, 0.4) is 0 Å². The number of hydrogen-bond donors (Lipinski definition) is 2. The molecule has 1 fully saturated rings. The Morgan fingerprint density at radius 2 is 2.12 bits per heavy atom. The fourth-order valence-corrected chi connectivity index (χ4v) is 2.79. The molecule has 0 atom stereocenters. The maximum absolute atomic E-state index is 6.11. The monoisotopic (exact) mass is 251 g/mol. The van der Waals surface area contributed by atoms with Gasteiger partial charge in [0.25, 0.3) is 0 Å². The van der Waals surface area contributed by atoms with Gasteiger partial charge in [0.1, 0.15) is 11.8 Å². The molecule has 2 aromatic heterocycles. The van der Waals surface area contributed by atoms with E-state index >= 15 is 0 Å². The summed E-state index contributed by atoms with van der Waals surface area (Å²) >= 11 is 6.11. The van der Waals surface area contributed by atoms with Gasteiger partial charge in [0.05, 0.1) is 11.9 Å². The highest BCUT2D eigenvalue weighted by Gasteiger charge is 2.33. The van der Waals surface area contributed by atoms with Crippen LogP contribution in [0.4, 0.5) is 5.82 Å². The molecular weight excluding hydrogens is 238 g/mol. The van der Waals surface area contributed by atoms with Gasteiger partial charge in [0.2, 0.25) is 0 Å². The highest BCUT2D eigenvalue weighted by Crippen LogP contribution is 2.34. The van der Waals surface area contributed by atoms with Crippen LogP contribution in [0.2, 0.25) is 0 Å². The Morgan fingerprint density at radius 1 is 1.29 bits per heavy atom. The summed E-state index contributed by atoms with van der Waals surface area (Å²) in [7, 11) is 0. The number of alkyl halides is 1. The summed E-state index contributed by atoms with van der Waals surface area (Å²) < 4.78 is 0. The first kappa shape index (κ1) is 10.8. The largest absolute Gasteiger partial charge is 0.362 e. The van der Waals surface area contributed by atoms with E-state index < -0.39 is 0 Å². The smallest absolute Gasteiger partial charge is 0.182 e. The fraction of sp³-hybridized carbons (Fsp3) is 0.545. The number of nitrogens with zero attached hydrogens (tertiary/aromatic N) is 3. The highest BCUT2D eigenvalue weighted by molar-refractivity contribution is 6.19. The first-order valence-electron chi connectivity index (χ1n) is 5.81. The van der Waals surface area contributed by atoms with Gasteiger partial charge in [-0.2, -0.15) is 0 Å². The lowest BCUT2D eigenvalue weighted by Gasteiger charge is -2.28. The van der Waals surface area contributed by atoms with Crippen LogP contribution in [0, 0.1) is 0 Å². The predicted molar refractivity (Wildman–Crippen MR) is 67.2 cm³/mol.